The molecule has 21 heavy (non-hydrogen) atoms. The molecule has 0 saturated heterocycles. The summed E-state index contributed by atoms with van der Waals surface area (Å²) in [5, 5.41) is 9.25. The molecule has 112 valence electrons. The number of rotatable bonds is 6. The van der Waals surface area contributed by atoms with Crippen LogP contribution < -0.4 is 10.6 Å². The second-order valence-corrected chi connectivity index (χ2v) is 5.91. The lowest BCUT2D eigenvalue weighted by atomic mass is 10.2. The van der Waals surface area contributed by atoms with Gasteiger partial charge < -0.3 is 10.6 Å². The standard InChI is InChI=1S/C14H17ClN4OS/c1-3-16-13-7-10(6-12(15)19-13)14(20)17-5-4-11-8-21-9(2)18-11/h6-8H,3-5H2,1-2H3,(H,16,19)(H,17,20). The van der Waals surface area contributed by atoms with E-state index in [0.717, 1.165) is 23.7 Å². The number of thiazole rings is 1. The first-order valence-corrected chi connectivity index (χ1v) is 7.95. The van der Waals surface area contributed by atoms with Gasteiger partial charge in [-0.2, -0.15) is 0 Å². The van der Waals surface area contributed by atoms with Crippen molar-refractivity contribution in [2.45, 2.75) is 20.3 Å². The quantitative estimate of drug-likeness (QED) is 0.802. The maximum Gasteiger partial charge on any atom is 0.251 e. The van der Waals surface area contributed by atoms with Gasteiger partial charge in [-0.05, 0) is 26.0 Å². The minimum absolute atomic E-state index is 0.162. The zero-order valence-corrected chi connectivity index (χ0v) is 13.5. The molecular weight excluding hydrogens is 308 g/mol. The Kier molecular flexibility index (Phi) is 5.52. The predicted molar refractivity (Wildman–Crippen MR) is 86.3 cm³/mol. The molecule has 2 aromatic rings. The molecule has 0 radical (unpaired) electrons. The minimum atomic E-state index is -0.162. The van der Waals surface area contributed by atoms with Crippen molar-refractivity contribution in [1.29, 1.82) is 0 Å². The first kappa shape index (κ1) is 15.7. The van der Waals surface area contributed by atoms with Crippen LogP contribution in [-0.2, 0) is 6.42 Å². The van der Waals surface area contributed by atoms with Gasteiger partial charge in [0, 0.05) is 30.5 Å². The van der Waals surface area contributed by atoms with Crippen LogP contribution in [0.1, 0.15) is 28.0 Å². The lowest BCUT2D eigenvalue weighted by Crippen LogP contribution is -2.26. The van der Waals surface area contributed by atoms with Gasteiger partial charge in [-0.3, -0.25) is 4.79 Å². The molecule has 0 aliphatic rings. The monoisotopic (exact) mass is 324 g/mol. The SMILES string of the molecule is CCNc1cc(C(=O)NCCc2csc(C)n2)cc(Cl)n1. The predicted octanol–water partition coefficient (Wildman–Crippen LogP) is 2.90. The third-order valence-electron chi connectivity index (χ3n) is 2.75. The summed E-state index contributed by atoms with van der Waals surface area (Å²) in [5.41, 5.74) is 1.50. The van der Waals surface area contributed by atoms with Gasteiger partial charge in [-0.1, -0.05) is 11.6 Å². The van der Waals surface area contributed by atoms with Crippen LogP contribution in [0.25, 0.3) is 0 Å². The minimum Gasteiger partial charge on any atom is -0.370 e. The second-order valence-electron chi connectivity index (χ2n) is 4.46. The molecule has 2 rings (SSSR count). The van der Waals surface area contributed by atoms with Crippen LogP contribution in [-0.4, -0.2) is 29.0 Å². The maximum absolute atomic E-state index is 12.1. The summed E-state index contributed by atoms with van der Waals surface area (Å²) in [5.74, 6) is 0.440. The Balaban J connectivity index is 1.93. The number of anilines is 1. The highest BCUT2D eigenvalue weighted by molar-refractivity contribution is 7.09. The van der Waals surface area contributed by atoms with Crippen LogP contribution in [0.2, 0.25) is 5.15 Å². The Labute approximate surface area is 132 Å². The average Bonchev–Trinajstić information content (AvgIpc) is 2.84. The third-order valence-corrected chi connectivity index (χ3v) is 3.76. The Morgan fingerprint density at radius 3 is 2.86 bits per heavy atom. The molecule has 5 nitrogen and oxygen atoms in total. The maximum atomic E-state index is 12.1. The summed E-state index contributed by atoms with van der Waals surface area (Å²) in [7, 11) is 0. The van der Waals surface area contributed by atoms with E-state index in [1.165, 1.54) is 0 Å². The van der Waals surface area contributed by atoms with E-state index >= 15 is 0 Å². The summed E-state index contributed by atoms with van der Waals surface area (Å²) in [6, 6.07) is 3.25. The van der Waals surface area contributed by atoms with Crippen LogP contribution in [0.4, 0.5) is 5.82 Å². The fraction of sp³-hybridized carbons (Fsp3) is 0.357. The summed E-state index contributed by atoms with van der Waals surface area (Å²) in [6.45, 7) is 5.18. The lowest BCUT2D eigenvalue weighted by Gasteiger charge is -2.07. The normalized spacial score (nSPS) is 10.4. The number of hydrogen-bond donors (Lipinski definition) is 2. The molecule has 7 heteroatoms. The van der Waals surface area contributed by atoms with Crippen molar-refractivity contribution in [3.05, 3.63) is 38.9 Å². The molecule has 2 heterocycles. The molecule has 0 fully saturated rings. The van der Waals surface area contributed by atoms with Crippen molar-refractivity contribution in [2.24, 2.45) is 0 Å². The second kappa shape index (κ2) is 7.38. The molecule has 0 bridgehead atoms. The van der Waals surface area contributed by atoms with Crippen molar-refractivity contribution in [1.82, 2.24) is 15.3 Å². The largest absolute Gasteiger partial charge is 0.370 e. The number of nitrogens with zero attached hydrogens (tertiary/aromatic N) is 2. The van der Waals surface area contributed by atoms with E-state index in [1.54, 1.807) is 23.5 Å². The van der Waals surface area contributed by atoms with Crippen molar-refractivity contribution < 1.29 is 4.79 Å². The van der Waals surface area contributed by atoms with Crippen LogP contribution >= 0.6 is 22.9 Å². The number of pyridine rings is 1. The topological polar surface area (TPSA) is 66.9 Å². The number of amides is 1. The van der Waals surface area contributed by atoms with Gasteiger partial charge >= 0.3 is 0 Å². The molecule has 0 aliphatic heterocycles. The molecule has 0 saturated carbocycles. The summed E-state index contributed by atoms with van der Waals surface area (Å²) < 4.78 is 0. The van der Waals surface area contributed by atoms with Crippen molar-refractivity contribution in [2.75, 3.05) is 18.4 Å². The van der Waals surface area contributed by atoms with Gasteiger partial charge in [0.15, 0.2) is 0 Å². The lowest BCUT2D eigenvalue weighted by molar-refractivity contribution is 0.0954. The highest BCUT2D eigenvalue weighted by Crippen LogP contribution is 2.14. The molecule has 2 N–H and O–H groups in total. The van der Waals surface area contributed by atoms with Gasteiger partial charge in [0.05, 0.1) is 10.7 Å². The van der Waals surface area contributed by atoms with Gasteiger partial charge in [0.2, 0.25) is 0 Å². The Hall–Kier alpha value is -1.66. The number of nitrogens with one attached hydrogen (secondary N) is 2. The van der Waals surface area contributed by atoms with Crippen LogP contribution in [0.15, 0.2) is 17.5 Å². The number of carbonyl (C=O) groups excluding carboxylic acids is 1. The smallest absolute Gasteiger partial charge is 0.251 e. The molecular formula is C14H17ClN4OS. The number of carbonyl (C=O) groups is 1. The van der Waals surface area contributed by atoms with E-state index in [1.807, 2.05) is 19.2 Å². The highest BCUT2D eigenvalue weighted by atomic mass is 35.5. The van der Waals surface area contributed by atoms with Crippen LogP contribution in [0, 0.1) is 6.92 Å². The van der Waals surface area contributed by atoms with E-state index in [-0.39, 0.29) is 5.91 Å². The number of aromatic nitrogens is 2. The number of aryl methyl sites for hydroxylation is 1. The Morgan fingerprint density at radius 2 is 2.19 bits per heavy atom. The zero-order valence-electron chi connectivity index (χ0n) is 11.9. The third kappa shape index (κ3) is 4.68. The van der Waals surface area contributed by atoms with E-state index in [0.29, 0.717) is 23.1 Å². The molecule has 0 aromatic carbocycles. The van der Waals surface area contributed by atoms with Gasteiger partial charge in [-0.25, -0.2) is 9.97 Å². The van der Waals surface area contributed by atoms with Crippen molar-refractivity contribution in [3.63, 3.8) is 0 Å². The van der Waals surface area contributed by atoms with E-state index in [9.17, 15) is 4.79 Å². The molecule has 0 spiro atoms. The average molecular weight is 325 g/mol. The Bertz CT molecular complexity index is 629. The number of hydrogen-bond acceptors (Lipinski definition) is 5. The fourth-order valence-corrected chi connectivity index (χ4v) is 2.68. The number of halogens is 1. The zero-order chi connectivity index (χ0) is 15.2. The van der Waals surface area contributed by atoms with Crippen LogP contribution in [0.5, 0.6) is 0 Å². The fourth-order valence-electron chi connectivity index (χ4n) is 1.83. The molecule has 2 aromatic heterocycles. The van der Waals surface area contributed by atoms with Gasteiger partial charge in [0.1, 0.15) is 11.0 Å². The van der Waals surface area contributed by atoms with Gasteiger partial charge in [0.25, 0.3) is 5.91 Å². The van der Waals surface area contributed by atoms with Gasteiger partial charge in [-0.15, -0.1) is 11.3 Å². The first-order valence-electron chi connectivity index (χ1n) is 6.69. The van der Waals surface area contributed by atoms with Crippen molar-refractivity contribution >= 4 is 34.7 Å². The van der Waals surface area contributed by atoms with Crippen LogP contribution in [0.3, 0.4) is 0 Å². The Morgan fingerprint density at radius 1 is 1.38 bits per heavy atom. The summed E-state index contributed by atoms with van der Waals surface area (Å²) in [6.07, 6.45) is 0.717. The molecule has 0 unspecified atom stereocenters. The summed E-state index contributed by atoms with van der Waals surface area (Å²) in [4.78, 5) is 20.6. The highest BCUT2D eigenvalue weighted by Gasteiger charge is 2.09. The summed E-state index contributed by atoms with van der Waals surface area (Å²) >= 11 is 7.53. The molecule has 1 amide bonds. The van der Waals surface area contributed by atoms with E-state index < -0.39 is 0 Å². The van der Waals surface area contributed by atoms with Crippen molar-refractivity contribution in [3.8, 4) is 0 Å². The molecule has 0 aliphatic carbocycles. The molecule has 0 atom stereocenters. The van der Waals surface area contributed by atoms with E-state index in [4.69, 9.17) is 11.6 Å². The van der Waals surface area contributed by atoms with E-state index in [2.05, 4.69) is 20.6 Å². The first-order chi connectivity index (χ1) is 10.1.